The van der Waals surface area contributed by atoms with Crippen LogP contribution < -0.4 is 5.73 Å². The number of ether oxygens (including phenoxy) is 3. The van der Waals surface area contributed by atoms with E-state index in [9.17, 15) is 9.59 Å². The number of esters is 1. The summed E-state index contributed by atoms with van der Waals surface area (Å²) < 4.78 is 16.8. The smallest absolute Gasteiger partial charge is 0.338 e. The first-order valence-corrected chi connectivity index (χ1v) is 8.93. The number of aromatic nitrogens is 1. The molecular weight excluding hydrogens is 360 g/mol. The molecule has 3 rings (SSSR count). The lowest BCUT2D eigenvalue weighted by molar-refractivity contribution is -0.191. The molecule has 1 saturated heterocycles. The number of nitrogens with zero attached hydrogens (tertiary/aromatic N) is 1. The zero-order chi connectivity index (χ0) is 19.9. The van der Waals surface area contributed by atoms with Crippen LogP contribution in [0, 0.1) is 0 Å². The van der Waals surface area contributed by atoms with Gasteiger partial charge in [0.15, 0.2) is 6.29 Å². The van der Waals surface area contributed by atoms with E-state index in [1.54, 1.807) is 55.8 Å². The molecule has 1 aliphatic heterocycles. The van der Waals surface area contributed by atoms with E-state index >= 15 is 0 Å². The molecule has 1 aliphatic rings. The van der Waals surface area contributed by atoms with E-state index in [4.69, 9.17) is 19.9 Å². The van der Waals surface area contributed by atoms with Gasteiger partial charge in [-0.25, -0.2) is 4.79 Å². The molecule has 0 saturated carbocycles. The van der Waals surface area contributed by atoms with Crippen molar-refractivity contribution < 1.29 is 23.8 Å². The second-order valence-electron chi connectivity index (χ2n) is 6.39. The predicted octanol–water partition coefficient (Wildman–Crippen LogP) is 2.57. The van der Waals surface area contributed by atoms with Gasteiger partial charge in [-0.1, -0.05) is 30.4 Å². The van der Waals surface area contributed by atoms with Crippen LogP contribution in [-0.2, 0) is 14.2 Å². The molecule has 7 heteroatoms. The number of carbonyl (C=O) groups is 2. The summed E-state index contributed by atoms with van der Waals surface area (Å²) in [5.41, 5.74) is 6.84. The van der Waals surface area contributed by atoms with Gasteiger partial charge in [0.25, 0.3) is 5.91 Å². The molecule has 2 N–H and O–H groups in total. The van der Waals surface area contributed by atoms with Crippen molar-refractivity contribution in [3.05, 3.63) is 71.6 Å². The second kappa shape index (κ2) is 9.25. The Morgan fingerprint density at radius 3 is 2.71 bits per heavy atom. The molecule has 1 aromatic heterocycles. The average molecular weight is 382 g/mol. The van der Waals surface area contributed by atoms with E-state index in [0.29, 0.717) is 29.5 Å². The van der Waals surface area contributed by atoms with Crippen molar-refractivity contribution in [2.45, 2.75) is 31.3 Å². The zero-order valence-electron chi connectivity index (χ0n) is 15.5. The average Bonchev–Trinajstić information content (AvgIpc) is 2.72. The van der Waals surface area contributed by atoms with Crippen LogP contribution in [0.25, 0.3) is 6.08 Å². The van der Waals surface area contributed by atoms with E-state index in [1.807, 2.05) is 6.07 Å². The van der Waals surface area contributed by atoms with Crippen molar-refractivity contribution in [3.63, 3.8) is 0 Å². The van der Waals surface area contributed by atoms with Crippen molar-refractivity contribution in [1.29, 1.82) is 0 Å². The van der Waals surface area contributed by atoms with Crippen molar-refractivity contribution >= 4 is 18.0 Å². The number of methoxy groups -OCH3 is 1. The van der Waals surface area contributed by atoms with Gasteiger partial charge in [0.1, 0.15) is 6.10 Å². The summed E-state index contributed by atoms with van der Waals surface area (Å²) in [5.74, 6) is -0.933. The number of rotatable bonds is 6. The molecule has 7 nitrogen and oxygen atoms in total. The molecule has 28 heavy (non-hydrogen) atoms. The van der Waals surface area contributed by atoms with E-state index in [-0.39, 0.29) is 18.2 Å². The van der Waals surface area contributed by atoms with Crippen LogP contribution in [0.2, 0.25) is 0 Å². The van der Waals surface area contributed by atoms with E-state index in [1.165, 1.54) is 6.20 Å². The molecule has 1 aromatic carbocycles. The van der Waals surface area contributed by atoms with Gasteiger partial charge in [-0.15, -0.1) is 0 Å². The van der Waals surface area contributed by atoms with Crippen LogP contribution in [0.5, 0.6) is 0 Å². The normalized spacial score (nSPS) is 22.1. The highest BCUT2D eigenvalue weighted by Crippen LogP contribution is 2.25. The molecular formula is C21H22N2O5. The first-order valence-electron chi connectivity index (χ1n) is 8.93. The molecule has 0 spiro atoms. The minimum atomic E-state index is -0.554. The summed E-state index contributed by atoms with van der Waals surface area (Å²) in [7, 11) is 1.54. The molecule has 2 aromatic rings. The van der Waals surface area contributed by atoms with Crippen LogP contribution in [0.15, 0.2) is 54.9 Å². The lowest BCUT2D eigenvalue weighted by Crippen LogP contribution is -2.38. The summed E-state index contributed by atoms with van der Waals surface area (Å²) in [6.07, 6.45) is 6.28. The topological polar surface area (TPSA) is 101 Å². The quantitative estimate of drug-likeness (QED) is 0.771. The predicted molar refractivity (Wildman–Crippen MR) is 102 cm³/mol. The van der Waals surface area contributed by atoms with E-state index < -0.39 is 12.2 Å². The second-order valence-corrected chi connectivity index (χ2v) is 6.39. The highest BCUT2D eigenvalue weighted by atomic mass is 16.7. The van der Waals surface area contributed by atoms with E-state index in [0.717, 1.165) is 0 Å². The fourth-order valence-electron chi connectivity index (χ4n) is 3.01. The standard InChI is InChI=1S/C21H22N2O5/c1-26-19-12-17(28-21(25)15-5-3-2-4-6-15)11-16(27-19)8-7-14-9-10-23-13-18(14)20(22)24/h2-10,13,16-17,19H,11-12H2,1H3,(H2,22,24)/b8-7+/t16-,17+,19-/m1/s1. The summed E-state index contributed by atoms with van der Waals surface area (Å²) in [6, 6.07) is 10.5. The fraction of sp³-hybridized carbons (Fsp3) is 0.286. The molecule has 2 heterocycles. The molecule has 1 fully saturated rings. The first kappa shape index (κ1) is 19.7. The van der Waals surface area contributed by atoms with Crippen molar-refractivity contribution in [1.82, 2.24) is 4.98 Å². The number of benzene rings is 1. The summed E-state index contributed by atoms with van der Waals surface area (Å²) in [4.78, 5) is 27.8. The lowest BCUT2D eigenvalue weighted by Gasteiger charge is -2.33. The van der Waals surface area contributed by atoms with Gasteiger partial charge in [0, 0.05) is 32.3 Å². The Balaban J connectivity index is 1.70. The molecule has 0 bridgehead atoms. The highest BCUT2D eigenvalue weighted by Gasteiger charge is 2.31. The number of hydrogen-bond donors (Lipinski definition) is 1. The number of carbonyl (C=O) groups excluding carboxylic acids is 2. The number of hydrogen-bond acceptors (Lipinski definition) is 6. The van der Waals surface area contributed by atoms with E-state index in [2.05, 4.69) is 4.98 Å². The number of primary amides is 1. The highest BCUT2D eigenvalue weighted by molar-refractivity contribution is 5.96. The Kier molecular flexibility index (Phi) is 6.52. The summed E-state index contributed by atoms with van der Waals surface area (Å²) in [5, 5.41) is 0. The SMILES string of the molecule is CO[C@H]1C[C@@H](OC(=O)c2ccccc2)C[C@@H](/C=C/c2ccncc2C(N)=O)O1. The van der Waals surface area contributed by atoms with Gasteiger partial charge < -0.3 is 19.9 Å². The van der Waals surface area contributed by atoms with Crippen LogP contribution in [0.1, 0.15) is 39.1 Å². The summed E-state index contributed by atoms with van der Waals surface area (Å²) in [6.45, 7) is 0. The molecule has 3 atom stereocenters. The third kappa shape index (κ3) is 5.03. The Morgan fingerprint density at radius 2 is 2.00 bits per heavy atom. The van der Waals surface area contributed by atoms with Crippen LogP contribution in [0.3, 0.4) is 0 Å². The van der Waals surface area contributed by atoms with Gasteiger partial charge in [-0.2, -0.15) is 0 Å². The zero-order valence-corrected chi connectivity index (χ0v) is 15.5. The molecule has 0 aliphatic carbocycles. The maximum absolute atomic E-state index is 12.3. The van der Waals surface area contributed by atoms with Gasteiger partial charge in [-0.3, -0.25) is 9.78 Å². The van der Waals surface area contributed by atoms with Gasteiger partial charge in [0.2, 0.25) is 0 Å². The maximum Gasteiger partial charge on any atom is 0.338 e. The van der Waals surface area contributed by atoms with Gasteiger partial charge >= 0.3 is 5.97 Å². The van der Waals surface area contributed by atoms with Crippen molar-refractivity contribution in [2.75, 3.05) is 7.11 Å². The molecule has 0 unspecified atom stereocenters. The van der Waals surface area contributed by atoms with Gasteiger partial charge in [-0.05, 0) is 23.8 Å². The number of pyridine rings is 1. The molecule has 1 amide bonds. The third-order valence-corrected chi connectivity index (χ3v) is 4.43. The van der Waals surface area contributed by atoms with Gasteiger partial charge in [0.05, 0.1) is 17.2 Å². The largest absolute Gasteiger partial charge is 0.458 e. The lowest BCUT2D eigenvalue weighted by atomic mass is 10.0. The third-order valence-electron chi connectivity index (χ3n) is 4.43. The van der Waals surface area contributed by atoms with Crippen molar-refractivity contribution in [3.8, 4) is 0 Å². The Labute approximate surface area is 163 Å². The van der Waals surface area contributed by atoms with Crippen LogP contribution >= 0.6 is 0 Å². The minimum Gasteiger partial charge on any atom is -0.458 e. The monoisotopic (exact) mass is 382 g/mol. The number of nitrogens with two attached hydrogens (primary N) is 1. The Hall–Kier alpha value is -3.03. The molecule has 0 radical (unpaired) electrons. The first-order chi connectivity index (χ1) is 13.6. The van der Waals surface area contributed by atoms with Crippen molar-refractivity contribution in [2.24, 2.45) is 5.73 Å². The van der Waals surface area contributed by atoms with Crippen LogP contribution in [-0.4, -0.2) is 42.5 Å². The fourth-order valence-corrected chi connectivity index (χ4v) is 3.01. The maximum atomic E-state index is 12.3. The molecule has 146 valence electrons. The Bertz CT molecular complexity index is 853. The minimum absolute atomic E-state index is 0.324. The Morgan fingerprint density at radius 1 is 1.21 bits per heavy atom. The summed E-state index contributed by atoms with van der Waals surface area (Å²) >= 11 is 0. The van der Waals surface area contributed by atoms with Crippen LogP contribution in [0.4, 0.5) is 0 Å². The number of amides is 1.